The third-order valence-corrected chi connectivity index (χ3v) is 4.47. The highest BCUT2D eigenvalue weighted by Crippen LogP contribution is 2.49. The van der Waals surface area contributed by atoms with Crippen LogP contribution in [-0.4, -0.2) is 41.9 Å². The van der Waals surface area contributed by atoms with Gasteiger partial charge in [0.05, 0.1) is 12.2 Å². The number of carbonyl (C=O) groups is 1. The second kappa shape index (κ2) is 7.59. The lowest BCUT2D eigenvalue weighted by Gasteiger charge is -2.57. The number of hydrogen-bond donors (Lipinski definition) is 3. The van der Waals surface area contributed by atoms with Gasteiger partial charge in [0.15, 0.2) is 0 Å². The van der Waals surface area contributed by atoms with Gasteiger partial charge < -0.3 is 20.9 Å². The van der Waals surface area contributed by atoms with Crippen LogP contribution in [0.15, 0.2) is 0 Å². The Morgan fingerprint density at radius 2 is 2.10 bits per heavy atom. The van der Waals surface area contributed by atoms with Crippen LogP contribution < -0.4 is 11.1 Å². The van der Waals surface area contributed by atoms with Crippen LogP contribution in [-0.2, 0) is 9.53 Å². The van der Waals surface area contributed by atoms with Crippen LogP contribution in [0.2, 0.25) is 0 Å². The molecule has 0 aromatic heterocycles. The Hall–Kier alpha value is -0.360. The number of aliphatic hydroxyl groups is 1. The Bertz CT molecular complexity index is 326. The average molecular weight is 309 g/mol. The average Bonchev–Trinajstić information content (AvgIpc) is 2.37. The van der Waals surface area contributed by atoms with Gasteiger partial charge >= 0.3 is 0 Å². The lowest BCUT2D eigenvalue weighted by atomic mass is 9.54. The van der Waals surface area contributed by atoms with E-state index in [4.69, 9.17) is 10.5 Å². The highest BCUT2D eigenvalue weighted by Gasteiger charge is 2.62. The largest absolute Gasteiger partial charge is 0.393 e. The number of nitrogens with one attached hydrogen (secondary N) is 1. The molecule has 0 aliphatic heterocycles. The molecule has 20 heavy (non-hydrogen) atoms. The molecule has 5 nitrogen and oxygen atoms in total. The second-order valence-electron chi connectivity index (χ2n) is 5.95. The molecule has 0 spiro atoms. The van der Waals surface area contributed by atoms with Gasteiger partial charge in [-0.3, -0.25) is 4.79 Å². The summed E-state index contributed by atoms with van der Waals surface area (Å²) in [6.45, 7) is 8.89. The van der Waals surface area contributed by atoms with Crippen LogP contribution in [0.4, 0.5) is 0 Å². The number of ether oxygens (including phenoxy) is 1. The van der Waals surface area contributed by atoms with E-state index < -0.39 is 5.54 Å². The number of rotatable bonds is 7. The lowest BCUT2D eigenvalue weighted by molar-refractivity contribution is -0.170. The molecule has 4 N–H and O–H groups in total. The van der Waals surface area contributed by atoms with Crippen LogP contribution in [0.5, 0.6) is 0 Å². The molecule has 0 saturated heterocycles. The summed E-state index contributed by atoms with van der Waals surface area (Å²) < 4.78 is 5.60. The van der Waals surface area contributed by atoms with Crippen LogP contribution in [0.1, 0.15) is 47.0 Å². The fourth-order valence-electron chi connectivity index (χ4n) is 2.53. The molecule has 3 unspecified atom stereocenters. The molecule has 1 aliphatic rings. The van der Waals surface area contributed by atoms with Crippen LogP contribution in [0.3, 0.4) is 0 Å². The van der Waals surface area contributed by atoms with Crippen molar-refractivity contribution in [3.8, 4) is 0 Å². The zero-order valence-electron chi connectivity index (χ0n) is 12.9. The van der Waals surface area contributed by atoms with Gasteiger partial charge in [0.2, 0.25) is 5.91 Å². The van der Waals surface area contributed by atoms with E-state index in [1.165, 1.54) is 0 Å². The zero-order chi connectivity index (χ0) is 14.7. The summed E-state index contributed by atoms with van der Waals surface area (Å²) in [5.74, 6) is -0.142. The molecule has 1 saturated carbocycles. The van der Waals surface area contributed by atoms with Gasteiger partial charge in [0, 0.05) is 25.0 Å². The summed E-state index contributed by atoms with van der Waals surface area (Å²) in [5.41, 5.74) is 5.00. The number of hydrogen-bond acceptors (Lipinski definition) is 4. The Balaban J connectivity index is 0.00000361. The fraction of sp³-hybridized carbons (Fsp3) is 0.929. The monoisotopic (exact) mass is 308 g/mol. The smallest absolute Gasteiger partial charge is 0.240 e. The van der Waals surface area contributed by atoms with E-state index in [9.17, 15) is 9.90 Å². The molecule has 1 amide bonds. The first-order chi connectivity index (χ1) is 8.79. The summed E-state index contributed by atoms with van der Waals surface area (Å²) in [7, 11) is 0. The topological polar surface area (TPSA) is 84.6 Å². The van der Waals surface area contributed by atoms with Crippen molar-refractivity contribution in [2.24, 2.45) is 11.1 Å². The van der Waals surface area contributed by atoms with Crippen LogP contribution in [0, 0.1) is 5.41 Å². The molecule has 3 atom stereocenters. The third kappa shape index (κ3) is 3.64. The number of amides is 1. The molecule has 1 rings (SSSR count). The Kier molecular flexibility index (Phi) is 7.46. The van der Waals surface area contributed by atoms with Crippen molar-refractivity contribution < 1.29 is 14.6 Å². The van der Waals surface area contributed by atoms with Gasteiger partial charge in [-0.05, 0) is 19.8 Å². The molecule has 0 heterocycles. The summed E-state index contributed by atoms with van der Waals surface area (Å²) in [6.07, 6.45) is 1.49. The van der Waals surface area contributed by atoms with E-state index in [1.807, 2.05) is 27.7 Å². The first kappa shape index (κ1) is 19.6. The van der Waals surface area contributed by atoms with E-state index in [2.05, 4.69) is 5.32 Å². The molecule has 1 aliphatic carbocycles. The van der Waals surface area contributed by atoms with E-state index in [0.717, 1.165) is 0 Å². The van der Waals surface area contributed by atoms with Crippen molar-refractivity contribution in [2.75, 3.05) is 13.2 Å². The van der Waals surface area contributed by atoms with Gasteiger partial charge in [0.1, 0.15) is 5.54 Å². The summed E-state index contributed by atoms with van der Waals surface area (Å²) in [5, 5.41) is 12.3. The van der Waals surface area contributed by atoms with Crippen molar-refractivity contribution in [1.82, 2.24) is 5.32 Å². The molecule has 6 heteroatoms. The summed E-state index contributed by atoms with van der Waals surface area (Å²) in [4.78, 5) is 12.2. The molecule has 0 radical (unpaired) electrons. The molecule has 0 aromatic carbocycles. The van der Waals surface area contributed by atoms with E-state index in [1.54, 1.807) is 0 Å². The van der Waals surface area contributed by atoms with Crippen molar-refractivity contribution in [2.45, 2.75) is 64.7 Å². The summed E-state index contributed by atoms with van der Waals surface area (Å²) >= 11 is 0. The number of carbonyl (C=O) groups excluding carboxylic acids is 1. The maximum absolute atomic E-state index is 12.2. The molecule has 0 aromatic rings. The van der Waals surface area contributed by atoms with Crippen LogP contribution >= 0.6 is 12.4 Å². The minimum Gasteiger partial charge on any atom is -0.393 e. The van der Waals surface area contributed by atoms with Gasteiger partial charge in [-0.1, -0.05) is 20.8 Å². The second-order valence-corrected chi connectivity index (χ2v) is 5.95. The van der Waals surface area contributed by atoms with Gasteiger partial charge in [-0.15, -0.1) is 12.4 Å². The highest BCUT2D eigenvalue weighted by molar-refractivity contribution is 5.88. The van der Waals surface area contributed by atoms with Crippen molar-refractivity contribution in [3.05, 3.63) is 0 Å². The first-order valence-electron chi connectivity index (χ1n) is 7.16. The van der Waals surface area contributed by atoms with Crippen LogP contribution in [0.25, 0.3) is 0 Å². The van der Waals surface area contributed by atoms with E-state index in [0.29, 0.717) is 32.4 Å². The Labute approximate surface area is 128 Å². The SMILES string of the molecule is CCOC1CC(N)(C(=O)NCCC(O)CC)C1(C)C.Cl. The minimum absolute atomic E-state index is 0. The maximum atomic E-state index is 12.2. The maximum Gasteiger partial charge on any atom is 0.240 e. The number of halogens is 1. The minimum atomic E-state index is -0.871. The molecule has 120 valence electrons. The summed E-state index contributed by atoms with van der Waals surface area (Å²) in [6, 6.07) is 0. The highest BCUT2D eigenvalue weighted by atomic mass is 35.5. The van der Waals surface area contributed by atoms with E-state index in [-0.39, 0.29) is 35.9 Å². The van der Waals surface area contributed by atoms with Crippen molar-refractivity contribution in [3.63, 3.8) is 0 Å². The first-order valence-corrected chi connectivity index (χ1v) is 7.16. The number of nitrogens with two attached hydrogens (primary N) is 1. The molecule has 0 bridgehead atoms. The fourth-order valence-corrected chi connectivity index (χ4v) is 2.53. The zero-order valence-corrected chi connectivity index (χ0v) is 13.8. The van der Waals surface area contributed by atoms with E-state index >= 15 is 0 Å². The number of aliphatic hydroxyl groups excluding tert-OH is 1. The standard InChI is InChI=1S/C14H28N2O3.ClH/c1-5-10(17)7-8-16-12(18)14(15)9-11(19-6-2)13(14,3)4;/h10-11,17H,5-9,15H2,1-4H3,(H,16,18);1H. The Morgan fingerprint density at radius 1 is 1.50 bits per heavy atom. The quantitative estimate of drug-likeness (QED) is 0.660. The third-order valence-electron chi connectivity index (χ3n) is 4.47. The van der Waals surface area contributed by atoms with Crippen molar-refractivity contribution in [1.29, 1.82) is 0 Å². The normalized spacial score (nSPS) is 29.0. The van der Waals surface area contributed by atoms with Gasteiger partial charge in [0.25, 0.3) is 0 Å². The predicted molar refractivity (Wildman–Crippen MR) is 81.9 cm³/mol. The lowest BCUT2D eigenvalue weighted by Crippen LogP contribution is -2.75. The molecule has 1 fully saturated rings. The van der Waals surface area contributed by atoms with Gasteiger partial charge in [-0.2, -0.15) is 0 Å². The molecular formula is C14H29ClN2O3. The van der Waals surface area contributed by atoms with Crippen molar-refractivity contribution >= 4 is 18.3 Å². The molecular weight excluding hydrogens is 280 g/mol. The predicted octanol–water partition coefficient (Wildman–Crippen LogP) is 1.22. The Morgan fingerprint density at radius 3 is 2.55 bits per heavy atom. The van der Waals surface area contributed by atoms with Gasteiger partial charge in [-0.25, -0.2) is 0 Å².